The van der Waals surface area contributed by atoms with Crippen molar-refractivity contribution in [1.29, 1.82) is 0 Å². The minimum absolute atomic E-state index is 0.0390. The van der Waals surface area contributed by atoms with Gasteiger partial charge in [-0.1, -0.05) is 6.92 Å². The standard InChI is InChI=1S/C17H20BrN5O4/c1-3-8-22-15(19)14(18)16(26)23(17(22)27)9-13(25)21-12-6-4-11(5-7-12)20-10(2)24/h4-7H,3,8-9,19H2,1-2H3,(H,20,24)(H,21,25). The van der Waals surface area contributed by atoms with Crippen LogP contribution in [0.3, 0.4) is 0 Å². The van der Waals surface area contributed by atoms with Gasteiger partial charge in [0.1, 0.15) is 16.8 Å². The summed E-state index contributed by atoms with van der Waals surface area (Å²) in [7, 11) is 0. The number of hydrogen-bond acceptors (Lipinski definition) is 5. The third-order valence-electron chi connectivity index (χ3n) is 3.65. The minimum atomic E-state index is -0.666. The first kappa shape index (κ1) is 20.4. The number of carbonyl (C=O) groups is 2. The molecule has 2 rings (SSSR count). The summed E-state index contributed by atoms with van der Waals surface area (Å²) >= 11 is 3.09. The van der Waals surface area contributed by atoms with Crippen molar-refractivity contribution in [2.45, 2.75) is 33.4 Å². The van der Waals surface area contributed by atoms with Crippen LogP contribution in [0.25, 0.3) is 0 Å². The molecule has 1 aromatic carbocycles. The zero-order valence-electron chi connectivity index (χ0n) is 14.9. The quantitative estimate of drug-likeness (QED) is 0.628. The number of anilines is 3. The fraction of sp³-hybridized carbons (Fsp3) is 0.294. The lowest BCUT2D eigenvalue weighted by Crippen LogP contribution is -2.43. The van der Waals surface area contributed by atoms with Gasteiger partial charge in [-0.25, -0.2) is 9.36 Å². The van der Waals surface area contributed by atoms with E-state index in [4.69, 9.17) is 5.73 Å². The Hall–Kier alpha value is -2.88. The summed E-state index contributed by atoms with van der Waals surface area (Å²) in [5.41, 5.74) is 5.56. The Kier molecular flexibility index (Phi) is 6.56. The molecular weight excluding hydrogens is 418 g/mol. The highest BCUT2D eigenvalue weighted by Gasteiger charge is 2.17. The Morgan fingerprint density at radius 1 is 1.07 bits per heavy atom. The largest absolute Gasteiger partial charge is 0.384 e. The Morgan fingerprint density at radius 3 is 2.15 bits per heavy atom. The predicted octanol–water partition coefficient (Wildman–Crippen LogP) is 1.36. The molecule has 1 aromatic heterocycles. The molecule has 0 fully saturated rings. The van der Waals surface area contributed by atoms with Crippen molar-refractivity contribution in [3.05, 3.63) is 49.6 Å². The summed E-state index contributed by atoms with van der Waals surface area (Å²) in [4.78, 5) is 48.1. The SMILES string of the molecule is CCCn1c(N)c(Br)c(=O)n(CC(=O)Nc2ccc(NC(C)=O)cc2)c1=O. The number of nitrogen functional groups attached to an aromatic ring is 1. The number of nitrogens with two attached hydrogens (primary N) is 1. The maximum Gasteiger partial charge on any atom is 0.333 e. The third-order valence-corrected chi connectivity index (χ3v) is 4.39. The second-order valence-corrected chi connectivity index (χ2v) is 6.62. The molecule has 0 aliphatic heterocycles. The normalized spacial score (nSPS) is 10.5. The number of aromatic nitrogens is 2. The van der Waals surface area contributed by atoms with E-state index in [0.29, 0.717) is 24.3 Å². The number of nitrogens with one attached hydrogen (secondary N) is 2. The van der Waals surface area contributed by atoms with E-state index in [0.717, 1.165) is 4.57 Å². The van der Waals surface area contributed by atoms with E-state index in [1.54, 1.807) is 24.3 Å². The number of amides is 2. The van der Waals surface area contributed by atoms with E-state index in [1.165, 1.54) is 11.5 Å². The van der Waals surface area contributed by atoms with Crippen molar-refractivity contribution in [3.8, 4) is 0 Å². The molecule has 0 aliphatic carbocycles. The van der Waals surface area contributed by atoms with Gasteiger partial charge < -0.3 is 16.4 Å². The highest BCUT2D eigenvalue weighted by atomic mass is 79.9. The molecular formula is C17H20BrN5O4. The molecule has 144 valence electrons. The number of halogens is 1. The zero-order valence-corrected chi connectivity index (χ0v) is 16.5. The summed E-state index contributed by atoms with van der Waals surface area (Å²) in [6.45, 7) is 3.14. The van der Waals surface area contributed by atoms with Gasteiger partial charge in [-0.05, 0) is 46.6 Å². The first-order valence-corrected chi connectivity index (χ1v) is 9.00. The molecule has 0 spiro atoms. The summed E-state index contributed by atoms with van der Waals surface area (Å²) in [6, 6.07) is 6.44. The van der Waals surface area contributed by atoms with Crippen LogP contribution >= 0.6 is 15.9 Å². The molecule has 0 unspecified atom stereocenters. The zero-order chi connectivity index (χ0) is 20.1. The molecule has 2 aromatic rings. The summed E-state index contributed by atoms with van der Waals surface area (Å²) in [5.74, 6) is -0.707. The Morgan fingerprint density at radius 2 is 1.63 bits per heavy atom. The molecule has 9 nitrogen and oxygen atoms in total. The van der Waals surface area contributed by atoms with Crippen molar-refractivity contribution in [1.82, 2.24) is 9.13 Å². The molecule has 0 saturated carbocycles. The second kappa shape index (κ2) is 8.67. The van der Waals surface area contributed by atoms with Gasteiger partial charge >= 0.3 is 5.69 Å². The van der Waals surface area contributed by atoms with Gasteiger partial charge in [0, 0.05) is 24.8 Å². The first-order valence-electron chi connectivity index (χ1n) is 8.20. The monoisotopic (exact) mass is 437 g/mol. The Balaban J connectivity index is 2.22. The molecule has 10 heteroatoms. The van der Waals surface area contributed by atoms with Crippen molar-refractivity contribution in [3.63, 3.8) is 0 Å². The fourth-order valence-electron chi connectivity index (χ4n) is 2.45. The van der Waals surface area contributed by atoms with Gasteiger partial charge in [-0.3, -0.25) is 19.0 Å². The molecule has 0 bridgehead atoms. The van der Waals surface area contributed by atoms with E-state index < -0.39 is 23.7 Å². The van der Waals surface area contributed by atoms with E-state index >= 15 is 0 Å². The van der Waals surface area contributed by atoms with Gasteiger partial charge in [0.2, 0.25) is 11.8 Å². The van der Waals surface area contributed by atoms with Crippen LogP contribution in [0.4, 0.5) is 17.2 Å². The number of hydrogen-bond donors (Lipinski definition) is 3. The van der Waals surface area contributed by atoms with E-state index in [-0.39, 0.29) is 16.2 Å². The summed E-state index contributed by atoms with van der Waals surface area (Å²) in [5, 5.41) is 5.22. The topological polar surface area (TPSA) is 128 Å². The highest BCUT2D eigenvalue weighted by Crippen LogP contribution is 2.14. The van der Waals surface area contributed by atoms with Crippen LogP contribution < -0.4 is 27.6 Å². The van der Waals surface area contributed by atoms with Crippen molar-refractivity contribution in [2.24, 2.45) is 0 Å². The molecule has 0 atom stereocenters. The van der Waals surface area contributed by atoms with Crippen LogP contribution in [0.15, 0.2) is 38.3 Å². The first-order chi connectivity index (χ1) is 12.7. The molecule has 2 amide bonds. The number of carbonyl (C=O) groups excluding carboxylic acids is 2. The average molecular weight is 438 g/mol. The van der Waals surface area contributed by atoms with Crippen molar-refractivity contribution in [2.75, 3.05) is 16.4 Å². The Bertz CT molecular complexity index is 979. The lowest BCUT2D eigenvalue weighted by Gasteiger charge is -2.14. The minimum Gasteiger partial charge on any atom is -0.384 e. The van der Waals surface area contributed by atoms with Crippen molar-refractivity contribution < 1.29 is 9.59 Å². The number of nitrogens with zero attached hydrogens (tertiary/aromatic N) is 2. The lowest BCUT2D eigenvalue weighted by atomic mass is 10.2. The second-order valence-electron chi connectivity index (χ2n) is 5.83. The maximum absolute atomic E-state index is 12.5. The van der Waals surface area contributed by atoms with Gasteiger partial charge in [0.25, 0.3) is 5.56 Å². The number of rotatable bonds is 6. The molecule has 1 heterocycles. The van der Waals surface area contributed by atoms with E-state index in [2.05, 4.69) is 26.6 Å². The van der Waals surface area contributed by atoms with Gasteiger partial charge in [-0.2, -0.15) is 0 Å². The molecule has 0 saturated heterocycles. The lowest BCUT2D eigenvalue weighted by molar-refractivity contribution is -0.117. The number of benzene rings is 1. The Labute approximate surface area is 163 Å². The van der Waals surface area contributed by atoms with Crippen LogP contribution in [0.2, 0.25) is 0 Å². The van der Waals surface area contributed by atoms with Crippen LogP contribution in [-0.4, -0.2) is 20.9 Å². The molecule has 0 aliphatic rings. The summed E-state index contributed by atoms with van der Waals surface area (Å²) in [6.07, 6.45) is 0.640. The van der Waals surface area contributed by atoms with Crippen molar-refractivity contribution >= 4 is 44.9 Å². The van der Waals surface area contributed by atoms with E-state index in [9.17, 15) is 19.2 Å². The molecule has 4 N–H and O–H groups in total. The van der Waals surface area contributed by atoms with Gasteiger partial charge in [0.05, 0.1) is 0 Å². The average Bonchev–Trinajstić information content (AvgIpc) is 2.62. The fourth-order valence-corrected chi connectivity index (χ4v) is 2.87. The smallest absolute Gasteiger partial charge is 0.333 e. The molecule has 27 heavy (non-hydrogen) atoms. The van der Waals surface area contributed by atoms with Gasteiger partial charge in [-0.15, -0.1) is 0 Å². The van der Waals surface area contributed by atoms with Crippen LogP contribution in [0.5, 0.6) is 0 Å². The maximum atomic E-state index is 12.5. The van der Waals surface area contributed by atoms with Gasteiger partial charge in [0.15, 0.2) is 0 Å². The van der Waals surface area contributed by atoms with E-state index in [1.807, 2.05) is 6.92 Å². The van der Waals surface area contributed by atoms with Crippen LogP contribution in [0.1, 0.15) is 20.3 Å². The molecule has 0 radical (unpaired) electrons. The predicted molar refractivity (Wildman–Crippen MR) is 107 cm³/mol. The van der Waals surface area contributed by atoms with Crippen LogP contribution in [-0.2, 0) is 22.7 Å². The summed E-state index contributed by atoms with van der Waals surface area (Å²) < 4.78 is 2.13. The highest BCUT2D eigenvalue weighted by molar-refractivity contribution is 9.10. The third kappa shape index (κ3) is 4.85. The van der Waals surface area contributed by atoms with Crippen LogP contribution in [0, 0.1) is 0 Å².